The van der Waals surface area contributed by atoms with Crippen LogP contribution in [0.25, 0.3) is 0 Å². The average molecular weight is 388 g/mol. The van der Waals surface area contributed by atoms with Gasteiger partial charge in [0.05, 0.1) is 27.9 Å². The van der Waals surface area contributed by atoms with E-state index >= 15 is 0 Å². The summed E-state index contributed by atoms with van der Waals surface area (Å²) >= 11 is 0. The molecule has 2 aromatic rings. The molecule has 1 amide bonds. The fourth-order valence-corrected chi connectivity index (χ4v) is 3.14. The first-order valence-electron chi connectivity index (χ1n) is 9.13. The number of hydrogen-bond acceptors (Lipinski definition) is 5. The number of ether oxygens (including phenoxy) is 3. The van der Waals surface area contributed by atoms with Gasteiger partial charge in [0, 0.05) is 36.0 Å². The van der Waals surface area contributed by atoms with Gasteiger partial charge in [0.25, 0.3) is 0 Å². The maximum Gasteiger partial charge on any atom is 0.238 e. The van der Waals surface area contributed by atoms with Gasteiger partial charge in [0.2, 0.25) is 11.7 Å². The lowest BCUT2D eigenvalue weighted by Crippen LogP contribution is -2.34. The second-order valence-corrected chi connectivity index (χ2v) is 6.69. The van der Waals surface area contributed by atoms with Gasteiger partial charge in [-0.1, -0.05) is 18.2 Å². The Balaban J connectivity index is 1.71. The molecular formula is C21H25FN2O4. The van der Waals surface area contributed by atoms with Crippen molar-refractivity contribution < 1.29 is 23.4 Å². The van der Waals surface area contributed by atoms with Crippen LogP contribution in [0, 0.1) is 5.82 Å². The summed E-state index contributed by atoms with van der Waals surface area (Å²) in [4.78, 5) is 14.6. The number of carbonyl (C=O) groups excluding carboxylic acids is 1. The molecular weight excluding hydrogens is 363 g/mol. The van der Waals surface area contributed by atoms with Gasteiger partial charge in [-0.2, -0.15) is 0 Å². The zero-order chi connectivity index (χ0) is 20.1. The Kier molecular flexibility index (Phi) is 6.36. The first-order valence-corrected chi connectivity index (χ1v) is 9.13. The molecule has 7 heteroatoms. The Morgan fingerprint density at radius 2 is 1.75 bits per heavy atom. The molecule has 150 valence electrons. The highest BCUT2D eigenvalue weighted by atomic mass is 19.1. The van der Waals surface area contributed by atoms with E-state index in [1.54, 1.807) is 30.3 Å². The van der Waals surface area contributed by atoms with Crippen LogP contribution in [0.1, 0.15) is 18.4 Å². The summed E-state index contributed by atoms with van der Waals surface area (Å²) in [6.45, 7) is 0.579. The highest BCUT2D eigenvalue weighted by Crippen LogP contribution is 2.40. The quantitative estimate of drug-likeness (QED) is 0.713. The summed E-state index contributed by atoms with van der Waals surface area (Å²) in [6.07, 6.45) is 2.04. The summed E-state index contributed by atoms with van der Waals surface area (Å²) in [5, 5.41) is 2.87. The monoisotopic (exact) mass is 388 g/mol. The number of amides is 1. The number of anilines is 1. The van der Waals surface area contributed by atoms with Crippen molar-refractivity contribution in [3.05, 3.63) is 47.8 Å². The van der Waals surface area contributed by atoms with Gasteiger partial charge in [-0.15, -0.1) is 0 Å². The van der Waals surface area contributed by atoms with Crippen LogP contribution in [0.2, 0.25) is 0 Å². The predicted octanol–water partition coefficient (Wildman–Crippen LogP) is 3.45. The van der Waals surface area contributed by atoms with Crippen molar-refractivity contribution in [2.45, 2.75) is 25.4 Å². The van der Waals surface area contributed by atoms with E-state index in [-0.39, 0.29) is 18.3 Å². The van der Waals surface area contributed by atoms with Crippen LogP contribution in [-0.4, -0.2) is 44.7 Å². The van der Waals surface area contributed by atoms with Gasteiger partial charge in [-0.05, 0) is 18.9 Å². The second-order valence-electron chi connectivity index (χ2n) is 6.69. The Hall–Kier alpha value is -2.80. The molecule has 0 bridgehead atoms. The summed E-state index contributed by atoms with van der Waals surface area (Å²) < 4.78 is 29.9. The molecule has 2 aromatic carbocycles. The van der Waals surface area contributed by atoms with Crippen LogP contribution in [0.15, 0.2) is 36.4 Å². The lowest BCUT2D eigenvalue weighted by atomic mass is 10.2. The van der Waals surface area contributed by atoms with Gasteiger partial charge < -0.3 is 19.5 Å². The molecule has 1 aliphatic rings. The normalized spacial score (nSPS) is 13.3. The molecule has 1 N–H and O–H groups in total. The smallest absolute Gasteiger partial charge is 0.238 e. The SMILES string of the molecule is COc1cc(NC(=O)CN(Cc2ccccc2F)C2CC2)cc(OC)c1OC. The number of benzene rings is 2. The van der Waals surface area contributed by atoms with Crippen molar-refractivity contribution in [2.75, 3.05) is 33.2 Å². The zero-order valence-electron chi connectivity index (χ0n) is 16.3. The average Bonchev–Trinajstić information content (AvgIpc) is 3.53. The fourth-order valence-electron chi connectivity index (χ4n) is 3.14. The number of rotatable bonds is 9. The largest absolute Gasteiger partial charge is 0.493 e. The summed E-state index contributed by atoms with van der Waals surface area (Å²) in [5.41, 5.74) is 1.14. The number of carbonyl (C=O) groups is 1. The third kappa shape index (κ3) is 4.72. The van der Waals surface area contributed by atoms with E-state index in [9.17, 15) is 9.18 Å². The van der Waals surface area contributed by atoms with Crippen molar-refractivity contribution in [3.8, 4) is 17.2 Å². The van der Waals surface area contributed by atoms with E-state index < -0.39 is 0 Å². The molecule has 3 rings (SSSR count). The number of hydrogen-bond donors (Lipinski definition) is 1. The Morgan fingerprint density at radius 3 is 2.29 bits per heavy atom. The third-order valence-corrected chi connectivity index (χ3v) is 4.69. The molecule has 28 heavy (non-hydrogen) atoms. The van der Waals surface area contributed by atoms with E-state index in [4.69, 9.17) is 14.2 Å². The van der Waals surface area contributed by atoms with Crippen LogP contribution in [0.4, 0.5) is 10.1 Å². The topological polar surface area (TPSA) is 60.0 Å². The molecule has 0 spiro atoms. The van der Waals surface area contributed by atoms with E-state index in [2.05, 4.69) is 5.32 Å². The first-order chi connectivity index (χ1) is 13.5. The minimum atomic E-state index is -0.252. The van der Waals surface area contributed by atoms with Crippen LogP contribution in [0.5, 0.6) is 17.2 Å². The summed E-state index contributed by atoms with van der Waals surface area (Å²) in [7, 11) is 4.56. The number of halogens is 1. The Bertz CT molecular complexity index is 814. The lowest BCUT2D eigenvalue weighted by molar-refractivity contribution is -0.117. The molecule has 0 aliphatic heterocycles. The predicted molar refractivity (Wildman–Crippen MR) is 105 cm³/mol. The van der Waals surface area contributed by atoms with Crippen LogP contribution >= 0.6 is 0 Å². The molecule has 0 radical (unpaired) electrons. The number of methoxy groups -OCH3 is 3. The van der Waals surface area contributed by atoms with Gasteiger partial charge in [0.1, 0.15) is 5.82 Å². The first kappa shape index (κ1) is 19.9. The lowest BCUT2D eigenvalue weighted by Gasteiger charge is -2.22. The van der Waals surface area contributed by atoms with Crippen molar-refractivity contribution in [1.29, 1.82) is 0 Å². The van der Waals surface area contributed by atoms with Gasteiger partial charge >= 0.3 is 0 Å². The highest BCUT2D eigenvalue weighted by molar-refractivity contribution is 5.93. The molecule has 6 nitrogen and oxygen atoms in total. The minimum absolute atomic E-state index is 0.176. The van der Waals surface area contributed by atoms with Gasteiger partial charge in [-0.3, -0.25) is 9.69 Å². The Labute approximate surface area is 164 Å². The van der Waals surface area contributed by atoms with E-state index in [1.807, 2.05) is 4.90 Å². The standard InChI is InChI=1S/C21H25FN2O4/c1-26-18-10-15(11-19(27-2)21(18)28-3)23-20(25)13-24(16-8-9-16)12-14-6-4-5-7-17(14)22/h4-7,10-11,16H,8-9,12-13H2,1-3H3,(H,23,25). The molecule has 1 fully saturated rings. The van der Waals surface area contributed by atoms with Crippen molar-refractivity contribution >= 4 is 11.6 Å². The number of nitrogens with one attached hydrogen (secondary N) is 1. The maximum atomic E-state index is 14.0. The molecule has 1 saturated carbocycles. The second kappa shape index (κ2) is 8.93. The molecule has 0 unspecified atom stereocenters. The molecule has 1 aliphatic carbocycles. The fraction of sp³-hybridized carbons (Fsp3) is 0.381. The number of nitrogens with zero attached hydrogens (tertiary/aromatic N) is 1. The molecule has 0 aromatic heterocycles. The molecule has 0 saturated heterocycles. The maximum absolute atomic E-state index is 14.0. The van der Waals surface area contributed by atoms with E-state index in [1.165, 1.54) is 27.4 Å². The molecule has 0 heterocycles. The zero-order valence-corrected chi connectivity index (χ0v) is 16.3. The van der Waals surface area contributed by atoms with E-state index in [0.717, 1.165) is 12.8 Å². The minimum Gasteiger partial charge on any atom is -0.493 e. The van der Waals surface area contributed by atoms with Crippen molar-refractivity contribution in [1.82, 2.24) is 4.90 Å². The van der Waals surface area contributed by atoms with Gasteiger partial charge in [0.15, 0.2) is 11.5 Å². The highest BCUT2D eigenvalue weighted by Gasteiger charge is 2.31. The summed E-state index contributed by atoms with van der Waals surface area (Å²) in [6, 6.07) is 10.3. The molecule has 0 atom stereocenters. The van der Waals surface area contributed by atoms with Crippen molar-refractivity contribution in [3.63, 3.8) is 0 Å². The Morgan fingerprint density at radius 1 is 1.11 bits per heavy atom. The van der Waals surface area contributed by atoms with Gasteiger partial charge in [-0.25, -0.2) is 4.39 Å². The summed E-state index contributed by atoms with van der Waals surface area (Å²) in [5.74, 6) is 0.947. The van der Waals surface area contributed by atoms with Crippen LogP contribution in [-0.2, 0) is 11.3 Å². The van der Waals surface area contributed by atoms with E-state index in [0.29, 0.717) is 41.1 Å². The van der Waals surface area contributed by atoms with Crippen molar-refractivity contribution in [2.24, 2.45) is 0 Å². The van der Waals surface area contributed by atoms with Crippen LogP contribution < -0.4 is 19.5 Å². The van der Waals surface area contributed by atoms with Crippen LogP contribution in [0.3, 0.4) is 0 Å². The third-order valence-electron chi connectivity index (χ3n) is 4.69.